The average Bonchev–Trinajstić information content (AvgIpc) is 3.28. The van der Waals surface area contributed by atoms with E-state index in [1.807, 2.05) is 18.2 Å². The molecule has 2 aromatic rings. The maximum Gasteiger partial charge on any atom is 0.308 e. The molecule has 2 aliphatic heterocycles. The van der Waals surface area contributed by atoms with Gasteiger partial charge in [-0.25, -0.2) is 4.98 Å². The van der Waals surface area contributed by atoms with Gasteiger partial charge in [0.2, 0.25) is 5.91 Å². The third-order valence-electron chi connectivity index (χ3n) is 5.25. The monoisotopic (exact) mass is 359 g/mol. The number of para-hydroxylation sites is 1. The highest BCUT2D eigenvalue weighted by atomic mass is 32.1. The number of carbonyl (C=O) groups is 2. The van der Waals surface area contributed by atoms with Gasteiger partial charge < -0.3 is 14.9 Å². The number of hydrogen-bond acceptors (Lipinski definition) is 5. The highest BCUT2D eigenvalue weighted by molar-refractivity contribution is 7.22. The number of amides is 1. The third-order valence-corrected chi connectivity index (χ3v) is 6.34. The molecular formula is C18H21N3O3S. The molecule has 1 N–H and O–H groups in total. The van der Waals surface area contributed by atoms with Crippen LogP contribution in [0.2, 0.25) is 0 Å². The predicted molar refractivity (Wildman–Crippen MR) is 96.9 cm³/mol. The number of carboxylic acid groups (broad SMARTS) is 1. The third kappa shape index (κ3) is 3.20. The van der Waals surface area contributed by atoms with Gasteiger partial charge >= 0.3 is 5.97 Å². The summed E-state index contributed by atoms with van der Waals surface area (Å²) in [5.41, 5.74) is 1.03. The Bertz CT molecular complexity index is 765. The lowest BCUT2D eigenvalue weighted by Gasteiger charge is -2.33. The first kappa shape index (κ1) is 16.3. The van der Waals surface area contributed by atoms with Crippen molar-refractivity contribution in [3.8, 4) is 0 Å². The number of piperidine rings is 1. The van der Waals surface area contributed by atoms with Crippen molar-refractivity contribution in [2.75, 3.05) is 31.1 Å². The fourth-order valence-electron chi connectivity index (χ4n) is 3.73. The summed E-state index contributed by atoms with van der Waals surface area (Å²) in [7, 11) is 0. The summed E-state index contributed by atoms with van der Waals surface area (Å²) >= 11 is 1.70. The molecule has 2 saturated heterocycles. The Kier molecular flexibility index (Phi) is 4.33. The number of thiazole rings is 1. The summed E-state index contributed by atoms with van der Waals surface area (Å²) in [5.74, 6) is -1.04. The van der Waals surface area contributed by atoms with Crippen LogP contribution in [-0.4, -0.2) is 53.0 Å². The molecular weight excluding hydrogens is 338 g/mol. The SMILES string of the molecule is O=C(O)C1CCN(C(=O)C2CCN(c3nc4ccccc4s3)CC2)C1. The van der Waals surface area contributed by atoms with Crippen LogP contribution in [0.3, 0.4) is 0 Å². The molecule has 0 bridgehead atoms. The van der Waals surface area contributed by atoms with Crippen molar-refractivity contribution in [2.45, 2.75) is 19.3 Å². The zero-order chi connectivity index (χ0) is 17.4. The number of likely N-dealkylation sites (tertiary alicyclic amines) is 1. The van der Waals surface area contributed by atoms with E-state index in [2.05, 4.69) is 11.0 Å². The molecule has 1 aromatic heterocycles. The van der Waals surface area contributed by atoms with Crippen molar-refractivity contribution >= 4 is 38.6 Å². The van der Waals surface area contributed by atoms with Crippen LogP contribution in [0, 0.1) is 11.8 Å². The Hall–Kier alpha value is -2.15. The molecule has 1 atom stereocenters. The topological polar surface area (TPSA) is 73.7 Å². The summed E-state index contributed by atoms with van der Waals surface area (Å²) < 4.78 is 1.19. The van der Waals surface area contributed by atoms with Crippen LogP contribution in [0.15, 0.2) is 24.3 Å². The molecule has 7 heteroatoms. The van der Waals surface area contributed by atoms with Gasteiger partial charge in [0.1, 0.15) is 0 Å². The van der Waals surface area contributed by atoms with Crippen LogP contribution in [0.4, 0.5) is 5.13 Å². The van der Waals surface area contributed by atoms with E-state index in [1.165, 1.54) is 4.70 Å². The highest BCUT2D eigenvalue weighted by Gasteiger charge is 2.35. The first-order valence-corrected chi connectivity index (χ1v) is 9.55. The second-order valence-corrected chi connectivity index (χ2v) is 7.84. The van der Waals surface area contributed by atoms with Gasteiger partial charge in [0, 0.05) is 32.1 Å². The second-order valence-electron chi connectivity index (χ2n) is 6.83. The highest BCUT2D eigenvalue weighted by Crippen LogP contribution is 2.32. The normalized spacial score (nSPS) is 21.8. The first-order valence-electron chi connectivity index (χ1n) is 8.74. The maximum atomic E-state index is 12.7. The molecule has 0 spiro atoms. The van der Waals surface area contributed by atoms with Crippen molar-refractivity contribution in [3.63, 3.8) is 0 Å². The van der Waals surface area contributed by atoms with Crippen molar-refractivity contribution in [1.82, 2.24) is 9.88 Å². The number of carboxylic acids is 1. The Balaban J connectivity index is 1.36. The van der Waals surface area contributed by atoms with Crippen LogP contribution >= 0.6 is 11.3 Å². The fourth-order valence-corrected chi connectivity index (χ4v) is 4.75. The number of anilines is 1. The first-order chi connectivity index (χ1) is 12.1. The molecule has 4 rings (SSSR count). The van der Waals surface area contributed by atoms with Crippen molar-refractivity contribution in [2.24, 2.45) is 11.8 Å². The lowest BCUT2D eigenvalue weighted by atomic mass is 9.95. The lowest BCUT2D eigenvalue weighted by Crippen LogP contribution is -2.42. The van der Waals surface area contributed by atoms with Gasteiger partial charge in [-0.2, -0.15) is 0 Å². The predicted octanol–water partition coefficient (Wildman–Crippen LogP) is 2.45. The quantitative estimate of drug-likeness (QED) is 0.911. The fraction of sp³-hybridized carbons (Fsp3) is 0.500. The number of rotatable bonds is 3. The van der Waals surface area contributed by atoms with Crippen LogP contribution in [0.5, 0.6) is 0 Å². The Morgan fingerprint density at radius 2 is 1.80 bits per heavy atom. The number of nitrogens with zero attached hydrogens (tertiary/aromatic N) is 3. The van der Waals surface area contributed by atoms with E-state index in [4.69, 9.17) is 10.1 Å². The van der Waals surface area contributed by atoms with Gasteiger partial charge in [0.15, 0.2) is 5.13 Å². The smallest absolute Gasteiger partial charge is 0.308 e. The molecule has 0 aliphatic carbocycles. The van der Waals surface area contributed by atoms with E-state index >= 15 is 0 Å². The molecule has 6 nitrogen and oxygen atoms in total. The summed E-state index contributed by atoms with van der Waals surface area (Å²) in [4.78, 5) is 32.4. The molecule has 2 fully saturated rings. The largest absolute Gasteiger partial charge is 0.481 e. The van der Waals surface area contributed by atoms with Crippen molar-refractivity contribution < 1.29 is 14.7 Å². The van der Waals surface area contributed by atoms with Gasteiger partial charge in [0.25, 0.3) is 0 Å². The minimum absolute atomic E-state index is 0.0122. The average molecular weight is 359 g/mol. The van der Waals surface area contributed by atoms with Crippen LogP contribution in [-0.2, 0) is 9.59 Å². The van der Waals surface area contributed by atoms with Crippen molar-refractivity contribution in [3.05, 3.63) is 24.3 Å². The number of hydrogen-bond donors (Lipinski definition) is 1. The summed E-state index contributed by atoms with van der Waals surface area (Å²) in [6.07, 6.45) is 2.19. The molecule has 1 amide bonds. The van der Waals surface area contributed by atoms with E-state index in [0.29, 0.717) is 19.5 Å². The van der Waals surface area contributed by atoms with Gasteiger partial charge in [-0.1, -0.05) is 23.5 Å². The van der Waals surface area contributed by atoms with Gasteiger partial charge in [-0.15, -0.1) is 0 Å². The lowest BCUT2D eigenvalue weighted by molar-refractivity contribution is -0.141. The molecule has 0 radical (unpaired) electrons. The van der Waals surface area contributed by atoms with E-state index < -0.39 is 11.9 Å². The number of benzene rings is 1. The van der Waals surface area contributed by atoms with E-state index in [1.54, 1.807) is 16.2 Å². The molecule has 1 unspecified atom stereocenters. The van der Waals surface area contributed by atoms with Crippen molar-refractivity contribution in [1.29, 1.82) is 0 Å². The number of carbonyl (C=O) groups excluding carboxylic acids is 1. The zero-order valence-corrected chi connectivity index (χ0v) is 14.7. The molecule has 25 heavy (non-hydrogen) atoms. The summed E-state index contributed by atoms with van der Waals surface area (Å²) in [5, 5.41) is 10.1. The molecule has 3 heterocycles. The minimum Gasteiger partial charge on any atom is -0.481 e. The van der Waals surface area contributed by atoms with Gasteiger partial charge in [-0.3, -0.25) is 9.59 Å². The Morgan fingerprint density at radius 3 is 2.48 bits per heavy atom. The molecule has 2 aliphatic rings. The van der Waals surface area contributed by atoms with E-state index in [-0.39, 0.29) is 11.8 Å². The van der Waals surface area contributed by atoms with Crippen LogP contribution < -0.4 is 4.90 Å². The zero-order valence-electron chi connectivity index (χ0n) is 13.9. The minimum atomic E-state index is -0.791. The van der Waals surface area contributed by atoms with Crippen LogP contribution in [0.25, 0.3) is 10.2 Å². The maximum absolute atomic E-state index is 12.7. The van der Waals surface area contributed by atoms with E-state index in [9.17, 15) is 9.59 Å². The second kappa shape index (κ2) is 6.63. The van der Waals surface area contributed by atoms with Gasteiger partial charge in [0.05, 0.1) is 16.1 Å². The number of fused-ring (bicyclic) bond motifs is 1. The summed E-state index contributed by atoms with van der Waals surface area (Å²) in [6, 6.07) is 8.13. The number of aromatic nitrogens is 1. The summed E-state index contributed by atoms with van der Waals surface area (Å²) in [6.45, 7) is 2.60. The van der Waals surface area contributed by atoms with Crippen LogP contribution in [0.1, 0.15) is 19.3 Å². The Morgan fingerprint density at radius 1 is 1.08 bits per heavy atom. The Labute approximate surface area is 150 Å². The van der Waals surface area contributed by atoms with Gasteiger partial charge in [-0.05, 0) is 31.4 Å². The molecule has 132 valence electrons. The van der Waals surface area contributed by atoms with E-state index in [0.717, 1.165) is 36.6 Å². The standard InChI is InChI=1S/C18H21N3O3S/c22-16(21-10-7-13(11-21)17(23)24)12-5-8-20(9-6-12)18-19-14-3-1-2-4-15(14)25-18/h1-4,12-13H,5-11H2,(H,23,24). The molecule has 1 aromatic carbocycles. The molecule has 0 saturated carbocycles. The number of aliphatic carboxylic acids is 1.